The summed E-state index contributed by atoms with van der Waals surface area (Å²) in [5, 5.41) is 0. The molecule has 1 rings (SSSR count). The third-order valence-electron chi connectivity index (χ3n) is 2.07. The van der Waals surface area contributed by atoms with E-state index >= 15 is 0 Å². The molecule has 3 heteroatoms. The molecule has 0 heterocycles. The summed E-state index contributed by atoms with van der Waals surface area (Å²) in [5.41, 5.74) is 2.06. The Morgan fingerprint density at radius 1 is 1.43 bits per heavy atom. The van der Waals surface area contributed by atoms with Crippen LogP contribution in [0.1, 0.15) is 12.5 Å². The largest absolute Gasteiger partial charge is 0.385 e. The van der Waals surface area contributed by atoms with Crippen LogP contribution < -0.4 is 5.46 Å². The molecule has 1 aromatic carbocycles. The van der Waals surface area contributed by atoms with Gasteiger partial charge in [-0.05, 0) is 19.9 Å². The van der Waals surface area contributed by atoms with Gasteiger partial charge in [-0.3, -0.25) is 12.7 Å². The molecular weight excluding hydrogens is 178 g/mol. The van der Waals surface area contributed by atoms with Crippen LogP contribution in [0.25, 0.3) is 0 Å². The Bertz CT molecular complexity index is 289. The average molecular weight is 193 g/mol. The molecule has 0 unspecified atom stereocenters. The molecule has 1 nitrogen and oxygen atoms in total. The molecule has 0 aromatic heterocycles. The average Bonchev–Trinajstić information content (AvgIpc) is 2.18. The molecule has 0 aliphatic rings. The molecule has 0 saturated heterocycles. The molecule has 0 amide bonds. The molecule has 0 aliphatic carbocycles. The lowest BCUT2D eigenvalue weighted by Gasteiger charge is -2.18. The normalized spacial score (nSPS) is 10.5. The van der Waals surface area contributed by atoms with Gasteiger partial charge in [-0.1, -0.05) is 17.7 Å². The number of benzene rings is 1. The lowest BCUT2D eigenvalue weighted by molar-refractivity contribution is 0.162. The first-order valence-electron chi connectivity index (χ1n) is 4.91. The highest BCUT2D eigenvalue weighted by Gasteiger charge is 1.90. The van der Waals surface area contributed by atoms with Crippen molar-refractivity contribution in [1.29, 1.82) is 0 Å². The molecule has 0 spiro atoms. The van der Waals surface area contributed by atoms with Crippen LogP contribution in [0, 0.1) is 12.7 Å². The number of rotatable bonds is 5. The summed E-state index contributed by atoms with van der Waals surface area (Å²) in [6.07, 6.45) is 0.831. The van der Waals surface area contributed by atoms with Crippen LogP contribution in [-0.2, 0) is 4.74 Å². The standard InChI is InChI=1S/C11H15BFO/c1-3-14-7-6-12-11-8-10(13)5-4-9(11)2/h4-5,8H,3,6-7H2,1-2H3/q-1. The van der Waals surface area contributed by atoms with Gasteiger partial charge in [0.2, 0.25) is 0 Å². The summed E-state index contributed by atoms with van der Waals surface area (Å²) >= 11 is 0. The van der Waals surface area contributed by atoms with Gasteiger partial charge in [0.25, 0.3) is 0 Å². The molecule has 0 atom stereocenters. The first-order chi connectivity index (χ1) is 6.74. The van der Waals surface area contributed by atoms with E-state index in [0.717, 1.165) is 24.0 Å². The highest BCUT2D eigenvalue weighted by atomic mass is 19.1. The Labute approximate surface area is 85.5 Å². The number of hydrogen-bond donors (Lipinski definition) is 0. The summed E-state index contributed by atoms with van der Waals surface area (Å²) in [6, 6.07) is 4.83. The fourth-order valence-electron chi connectivity index (χ4n) is 1.27. The van der Waals surface area contributed by atoms with Crippen molar-refractivity contribution < 1.29 is 9.13 Å². The minimum atomic E-state index is -0.182. The van der Waals surface area contributed by atoms with Crippen LogP contribution in [-0.4, -0.2) is 20.5 Å². The minimum Gasteiger partial charge on any atom is -0.385 e. The predicted molar refractivity (Wildman–Crippen MR) is 57.8 cm³/mol. The Morgan fingerprint density at radius 3 is 2.93 bits per heavy atom. The molecular formula is C11H15BFO-. The fourth-order valence-corrected chi connectivity index (χ4v) is 1.27. The molecule has 2 radical (unpaired) electrons. The second-order valence-corrected chi connectivity index (χ2v) is 3.19. The van der Waals surface area contributed by atoms with Gasteiger partial charge in [0.15, 0.2) is 0 Å². The van der Waals surface area contributed by atoms with E-state index in [4.69, 9.17) is 4.74 Å². The smallest absolute Gasteiger partial charge is 0.119 e. The molecule has 0 fully saturated rings. The van der Waals surface area contributed by atoms with Crippen LogP contribution >= 0.6 is 0 Å². The SMILES string of the molecule is CCOCC[B-]c1cc(F)ccc1C. The zero-order valence-electron chi connectivity index (χ0n) is 8.72. The van der Waals surface area contributed by atoms with Crippen molar-refractivity contribution in [2.45, 2.75) is 20.2 Å². The summed E-state index contributed by atoms with van der Waals surface area (Å²) in [7, 11) is 2.01. The first-order valence-corrected chi connectivity index (χ1v) is 4.91. The summed E-state index contributed by atoms with van der Waals surface area (Å²) in [4.78, 5) is 0. The first kappa shape index (κ1) is 11.3. The Balaban J connectivity index is 2.45. The van der Waals surface area contributed by atoms with E-state index in [-0.39, 0.29) is 5.82 Å². The molecule has 0 saturated carbocycles. The highest BCUT2D eigenvalue weighted by molar-refractivity contribution is 6.54. The third kappa shape index (κ3) is 3.50. The van der Waals surface area contributed by atoms with Gasteiger partial charge < -0.3 is 4.74 Å². The summed E-state index contributed by atoms with van der Waals surface area (Å²) in [5.74, 6) is -0.182. The number of halogens is 1. The van der Waals surface area contributed by atoms with E-state index in [9.17, 15) is 4.39 Å². The van der Waals surface area contributed by atoms with Crippen molar-refractivity contribution in [2.24, 2.45) is 0 Å². The maximum Gasteiger partial charge on any atom is 0.119 e. The molecule has 76 valence electrons. The minimum absolute atomic E-state index is 0.182. The molecule has 0 bridgehead atoms. The van der Waals surface area contributed by atoms with Crippen molar-refractivity contribution in [3.8, 4) is 0 Å². The van der Waals surface area contributed by atoms with Gasteiger partial charge >= 0.3 is 0 Å². The van der Waals surface area contributed by atoms with Crippen molar-refractivity contribution >= 4 is 12.7 Å². The van der Waals surface area contributed by atoms with Crippen molar-refractivity contribution in [3.63, 3.8) is 0 Å². The Morgan fingerprint density at radius 2 is 2.21 bits per heavy atom. The van der Waals surface area contributed by atoms with Crippen LogP contribution in [0.15, 0.2) is 18.2 Å². The van der Waals surface area contributed by atoms with Gasteiger partial charge in [-0.2, -0.15) is 0 Å². The monoisotopic (exact) mass is 193 g/mol. The van der Waals surface area contributed by atoms with Crippen molar-refractivity contribution in [3.05, 3.63) is 29.6 Å². The number of ether oxygens (including phenoxy) is 1. The fraction of sp³-hybridized carbons (Fsp3) is 0.455. The summed E-state index contributed by atoms with van der Waals surface area (Å²) < 4.78 is 18.1. The van der Waals surface area contributed by atoms with Gasteiger partial charge in [0.1, 0.15) is 5.82 Å². The maximum absolute atomic E-state index is 12.9. The number of aryl methyl sites for hydroxylation is 1. The topological polar surface area (TPSA) is 9.23 Å². The van der Waals surface area contributed by atoms with E-state index in [0.29, 0.717) is 6.61 Å². The lowest BCUT2D eigenvalue weighted by atomic mass is 9.66. The third-order valence-corrected chi connectivity index (χ3v) is 2.07. The lowest BCUT2D eigenvalue weighted by Crippen LogP contribution is -2.19. The highest BCUT2D eigenvalue weighted by Crippen LogP contribution is 1.99. The van der Waals surface area contributed by atoms with E-state index in [1.54, 1.807) is 12.1 Å². The molecule has 0 aliphatic heterocycles. The molecule has 14 heavy (non-hydrogen) atoms. The van der Waals surface area contributed by atoms with E-state index < -0.39 is 0 Å². The zero-order chi connectivity index (χ0) is 10.4. The van der Waals surface area contributed by atoms with Gasteiger partial charge in [0.05, 0.1) is 0 Å². The predicted octanol–water partition coefficient (Wildman–Crippen LogP) is 1.92. The maximum atomic E-state index is 12.9. The second-order valence-electron chi connectivity index (χ2n) is 3.19. The second kappa shape index (κ2) is 5.81. The van der Waals surface area contributed by atoms with E-state index in [2.05, 4.69) is 0 Å². The zero-order valence-corrected chi connectivity index (χ0v) is 8.72. The van der Waals surface area contributed by atoms with Crippen LogP contribution in [0.2, 0.25) is 6.32 Å². The van der Waals surface area contributed by atoms with E-state index in [1.807, 2.05) is 21.1 Å². The quantitative estimate of drug-likeness (QED) is 0.512. The van der Waals surface area contributed by atoms with Crippen LogP contribution in [0.5, 0.6) is 0 Å². The Hall–Kier alpha value is -0.825. The molecule has 1 aromatic rings. The van der Waals surface area contributed by atoms with Crippen LogP contribution in [0.3, 0.4) is 0 Å². The van der Waals surface area contributed by atoms with Gasteiger partial charge in [0, 0.05) is 13.2 Å². The van der Waals surface area contributed by atoms with Gasteiger partial charge in [-0.25, -0.2) is 10.7 Å². The number of hydrogen-bond acceptors (Lipinski definition) is 1. The summed E-state index contributed by atoms with van der Waals surface area (Å²) in [6.45, 7) is 5.38. The van der Waals surface area contributed by atoms with Crippen molar-refractivity contribution in [1.82, 2.24) is 0 Å². The van der Waals surface area contributed by atoms with Crippen LogP contribution in [0.4, 0.5) is 4.39 Å². The van der Waals surface area contributed by atoms with Gasteiger partial charge in [-0.15, -0.1) is 0 Å². The van der Waals surface area contributed by atoms with Crippen molar-refractivity contribution in [2.75, 3.05) is 13.2 Å². The Kier molecular flexibility index (Phi) is 4.67. The molecule has 0 N–H and O–H groups in total. The van der Waals surface area contributed by atoms with E-state index in [1.165, 1.54) is 6.07 Å².